The second-order valence-corrected chi connectivity index (χ2v) is 2.46. The average molecular weight is 250 g/mol. The molecule has 0 fully saturated rings. The second kappa shape index (κ2) is 4.75. The summed E-state index contributed by atoms with van der Waals surface area (Å²) in [4.78, 5) is 11.0. The van der Waals surface area contributed by atoms with Crippen molar-refractivity contribution in [3.63, 3.8) is 0 Å². The lowest BCUT2D eigenvalue weighted by atomic mass is 10.6. The maximum Gasteiger partial charge on any atom is 0.327 e. The van der Waals surface area contributed by atoms with Gasteiger partial charge in [0.05, 0.1) is 6.61 Å². The molecular formula is C5H8BrN5O2. The lowest BCUT2D eigenvalue weighted by molar-refractivity contribution is -0.144. The standard InChI is InChI=1S/C5H8BrN5O2/c1-2-13-4(12)3-11-5(7-6)8-9-10-11/h2-3H2,1H3,(H,7,8,10). The zero-order valence-corrected chi connectivity index (χ0v) is 8.48. The Bertz CT molecular complexity index is 288. The molecule has 0 amide bonds. The van der Waals surface area contributed by atoms with Crippen molar-refractivity contribution >= 4 is 28.1 Å². The van der Waals surface area contributed by atoms with Gasteiger partial charge in [-0.1, -0.05) is 5.10 Å². The molecule has 7 nitrogen and oxygen atoms in total. The minimum Gasteiger partial charge on any atom is -0.465 e. The Balaban J connectivity index is 2.57. The number of anilines is 1. The molecule has 0 atom stereocenters. The topological polar surface area (TPSA) is 81.9 Å². The van der Waals surface area contributed by atoms with Crippen molar-refractivity contribution in [3.8, 4) is 0 Å². The third-order valence-corrected chi connectivity index (χ3v) is 1.56. The van der Waals surface area contributed by atoms with E-state index in [1.54, 1.807) is 6.92 Å². The van der Waals surface area contributed by atoms with Gasteiger partial charge in [0.1, 0.15) is 6.54 Å². The quantitative estimate of drug-likeness (QED) is 0.596. The number of hydrogen-bond donors (Lipinski definition) is 1. The first-order valence-electron chi connectivity index (χ1n) is 3.56. The van der Waals surface area contributed by atoms with Crippen LogP contribution in [0.1, 0.15) is 6.92 Å². The molecule has 8 heteroatoms. The molecule has 1 rings (SSSR count). The van der Waals surface area contributed by atoms with E-state index in [1.165, 1.54) is 4.68 Å². The highest BCUT2D eigenvalue weighted by Gasteiger charge is 2.09. The summed E-state index contributed by atoms with van der Waals surface area (Å²) in [5.74, 6) is -0.0214. The molecule has 0 aliphatic heterocycles. The smallest absolute Gasteiger partial charge is 0.327 e. The van der Waals surface area contributed by atoms with Crippen LogP contribution >= 0.6 is 16.1 Å². The normalized spacial score (nSPS) is 9.69. The minimum atomic E-state index is -0.376. The number of tetrazole rings is 1. The molecule has 0 saturated carbocycles. The Labute approximate surface area is 82.8 Å². The first-order chi connectivity index (χ1) is 6.27. The number of rotatable bonds is 4. The summed E-state index contributed by atoms with van der Waals surface area (Å²) in [5.41, 5.74) is 0. The monoisotopic (exact) mass is 249 g/mol. The Hall–Kier alpha value is -1.18. The second-order valence-electron chi connectivity index (χ2n) is 2.06. The van der Waals surface area contributed by atoms with E-state index < -0.39 is 0 Å². The Morgan fingerprint density at radius 2 is 2.54 bits per heavy atom. The first kappa shape index (κ1) is 9.90. The average Bonchev–Trinajstić information content (AvgIpc) is 2.52. The number of halogens is 1. The van der Waals surface area contributed by atoms with E-state index in [4.69, 9.17) is 4.74 Å². The van der Waals surface area contributed by atoms with E-state index in [0.717, 1.165) is 0 Å². The molecule has 1 aromatic heterocycles. The number of hydrogen-bond acceptors (Lipinski definition) is 6. The van der Waals surface area contributed by atoms with Crippen LogP contribution in [0, 0.1) is 0 Å². The van der Waals surface area contributed by atoms with Crippen molar-refractivity contribution in [3.05, 3.63) is 0 Å². The molecule has 1 heterocycles. The van der Waals surface area contributed by atoms with Crippen LogP contribution < -0.4 is 4.34 Å². The molecule has 0 bridgehead atoms. The van der Waals surface area contributed by atoms with E-state index in [2.05, 4.69) is 36.0 Å². The van der Waals surface area contributed by atoms with Gasteiger partial charge in [-0.2, -0.15) is 4.68 Å². The van der Waals surface area contributed by atoms with Crippen LogP contribution in [0.25, 0.3) is 0 Å². The SMILES string of the molecule is CCOC(=O)Cn1nnnc1NBr. The summed E-state index contributed by atoms with van der Waals surface area (Å²) in [6.45, 7) is 2.08. The van der Waals surface area contributed by atoms with E-state index in [1.807, 2.05) is 0 Å². The Morgan fingerprint density at radius 3 is 3.15 bits per heavy atom. The van der Waals surface area contributed by atoms with Crippen molar-refractivity contribution in [1.29, 1.82) is 0 Å². The van der Waals surface area contributed by atoms with Gasteiger partial charge in [0, 0.05) is 16.1 Å². The highest BCUT2D eigenvalue weighted by molar-refractivity contribution is 9.10. The summed E-state index contributed by atoms with van der Waals surface area (Å²) >= 11 is 2.95. The van der Waals surface area contributed by atoms with Crippen molar-refractivity contribution in [2.45, 2.75) is 13.5 Å². The van der Waals surface area contributed by atoms with Gasteiger partial charge < -0.3 is 4.74 Å². The fourth-order valence-corrected chi connectivity index (χ4v) is 0.992. The maximum absolute atomic E-state index is 11.0. The first-order valence-corrected chi connectivity index (χ1v) is 4.35. The van der Waals surface area contributed by atoms with Gasteiger partial charge >= 0.3 is 5.97 Å². The largest absolute Gasteiger partial charge is 0.465 e. The number of aromatic nitrogens is 4. The zero-order valence-electron chi connectivity index (χ0n) is 6.90. The lowest BCUT2D eigenvalue weighted by Crippen LogP contribution is -2.15. The van der Waals surface area contributed by atoms with Crippen LogP contribution in [0.4, 0.5) is 5.95 Å². The molecule has 0 aromatic carbocycles. The summed E-state index contributed by atoms with van der Waals surface area (Å²) in [5, 5.41) is 10.5. The van der Waals surface area contributed by atoms with Crippen molar-refractivity contribution in [2.24, 2.45) is 0 Å². The molecule has 13 heavy (non-hydrogen) atoms. The number of nitrogens with zero attached hydrogens (tertiary/aromatic N) is 4. The van der Waals surface area contributed by atoms with Crippen LogP contribution in [-0.4, -0.2) is 32.8 Å². The third kappa shape index (κ3) is 2.65. The van der Waals surface area contributed by atoms with Crippen molar-refractivity contribution in [1.82, 2.24) is 20.2 Å². The van der Waals surface area contributed by atoms with E-state index >= 15 is 0 Å². The molecule has 0 radical (unpaired) electrons. The number of carbonyl (C=O) groups excluding carboxylic acids is 1. The predicted octanol–water partition coefficient (Wildman–Crippen LogP) is -0.0420. The number of esters is 1. The molecular weight excluding hydrogens is 242 g/mol. The highest BCUT2D eigenvalue weighted by atomic mass is 79.9. The van der Waals surface area contributed by atoms with Gasteiger partial charge in [-0.05, 0) is 17.4 Å². The predicted molar refractivity (Wildman–Crippen MR) is 47.0 cm³/mol. The summed E-state index contributed by atoms with van der Waals surface area (Å²) in [6, 6.07) is 0. The molecule has 1 aromatic rings. The summed E-state index contributed by atoms with van der Waals surface area (Å²) in [7, 11) is 0. The van der Waals surface area contributed by atoms with Crippen LogP contribution in [0.2, 0.25) is 0 Å². The van der Waals surface area contributed by atoms with Gasteiger partial charge in [0.25, 0.3) is 5.95 Å². The summed E-state index contributed by atoms with van der Waals surface area (Å²) < 4.78 is 8.56. The van der Waals surface area contributed by atoms with Crippen LogP contribution in [0.15, 0.2) is 0 Å². The van der Waals surface area contributed by atoms with Gasteiger partial charge in [-0.3, -0.25) is 9.14 Å². The Kier molecular flexibility index (Phi) is 3.62. The lowest BCUT2D eigenvalue weighted by Gasteiger charge is -2.01. The minimum absolute atomic E-state index is 0.00519. The van der Waals surface area contributed by atoms with Gasteiger partial charge in [0.2, 0.25) is 0 Å². The molecule has 1 N–H and O–H groups in total. The molecule has 0 spiro atoms. The van der Waals surface area contributed by atoms with E-state index in [0.29, 0.717) is 12.6 Å². The fourth-order valence-electron chi connectivity index (χ4n) is 0.708. The van der Waals surface area contributed by atoms with Crippen LogP contribution in [0.3, 0.4) is 0 Å². The van der Waals surface area contributed by atoms with Gasteiger partial charge in [-0.25, -0.2) is 0 Å². The number of nitrogens with one attached hydrogen (secondary N) is 1. The van der Waals surface area contributed by atoms with Crippen molar-refractivity contribution < 1.29 is 9.53 Å². The summed E-state index contributed by atoms with van der Waals surface area (Å²) in [6.07, 6.45) is 0. The molecule has 0 aliphatic carbocycles. The maximum atomic E-state index is 11.0. The van der Waals surface area contributed by atoms with Gasteiger partial charge in [-0.15, -0.1) is 0 Å². The molecule has 0 saturated heterocycles. The number of carbonyl (C=O) groups is 1. The molecule has 0 aliphatic rings. The Morgan fingerprint density at radius 1 is 1.77 bits per heavy atom. The highest BCUT2D eigenvalue weighted by Crippen LogP contribution is 2.01. The molecule has 0 unspecified atom stereocenters. The third-order valence-electron chi connectivity index (χ3n) is 1.20. The van der Waals surface area contributed by atoms with E-state index in [9.17, 15) is 4.79 Å². The molecule has 72 valence electrons. The van der Waals surface area contributed by atoms with Gasteiger partial charge in [0.15, 0.2) is 0 Å². The van der Waals surface area contributed by atoms with Crippen LogP contribution in [0.5, 0.6) is 0 Å². The van der Waals surface area contributed by atoms with Crippen LogP contribution in [-0.2, 0) is 16.1 Å². The van der Waals surface area contributed by atoms with E-state index in [-0.39, 0.29) is 12.5 Å². The zero-order chi connectivity index (χ0) is 9.68. The number of ether oxygens (including phenoxy) is 1. The fraction of sp³-hybridized carbons (Fsp3) is 0.600. The van der Waals surface area contributed by atoms with Crippen molar-refractivity contribution in [2.75, 3.05) is 10.9 Å².